The van der Waals surface area contributed by atoms with Crippen LogP contribution >= 0.6 is 0 Å². The van der Waals surface area contributed by atoms with E-state index in [-0.39, 0.29) is 11.4 Å². The number of benzene rings is 2. The average molecular weight is 342 g/mol. The largest absolute Gasteiger partial charge is 0.360 e. The molecule has 124 valence electrons. The number of aromatic nitrogens is 1. The molecule has 3 rings (SSSR count). The van der Waals surface area contributed by atoms with Gasteiger partial charge in [-0.05, 0) is 30.5 Å². The minimum atomic E-state index is -3.65. The Balaban J connectivity index is 1.73. The first-order valence-corrected chi connectivity index (χ1v) is 9.02. The molecule has 0 spiro atoms. The molecule has 0 amide bonds. The molecule has 0 fully saturated rings. The van der Waals surface area contributed by atoms with Gasteiger partial charge >= 0.3 is 0 Å². The van der Waals surface area contributed by atoms with Crippen molar-refractivity contribution in [3.05, 3.63) is 71.6 Å². The molecule has 1 aromatic heterocycles. The first kappa shape index (κ1) is 16.4. The molecule has 0 aliphatic heterocycles. The van der Waals surface area contributed by atoms with Gasteiger partial charge in [-0.15, -0.1) is 0 Å². The molecule has 0 saturated heterocycles. The molecule has 0 aliphatic carbocycles. The van der Waals surface area contributed by atoms with Gasteiger partial charge in [-0.3, -0.25) is 0 Å². The summed E-state index contributed by atoms with van der Waals surface area (Å²) in [7, 11) is -3.65. The lowest BCUT2D eigenvalue weighted by Crippen LogP contribution is -2.24. The third-order valence-electron chi connectivity index (χ3n) is 3.76. The van der Waals surface area contributed by atoms with E-state index in [0.717, 1.165) is 16.7 Å². The standard InChI is InChI=1S/C18H18N2O3S/c1-13-18(14(2)23-20-13)24(21,22)19-12-15-8-10-17(11-9-15)16-6-4-3-5-7-16/h3-11,19H,12H2,1-2H3. The maximum atomic E-state index is 12.4. The quantitative estimate of drug-likeness (QED) is 0.771. The average Bonchev–Trinajstić information content (AvgIpc) is 2.94. The van der Waals surface area contributed by atoms with E-state index >= 15 is 0 Å². The third kappa shape index (κ3) is 3.39. The van der Waals surface area contributed by atoms with Crippen LogP contribution in [0.4, 0.5) is 0 Å². The predicted molar refractivity (Wildman–Crippen MR) is 91.9 cm³/mol. The molecule has 1 heterocycles. The number of sulfonamides is 1. The number of rotatable bonds is 5. The van der Waals surface area contributed by atoms with E-state index in [1.54, 1.807) is 13.8 Å². The molecule has 24 heavy (non-hydrogen) atoms. The molecule has 0 atom stereocenters. The van der Waals surface area contributed by atoms with Crippen LogP contribution < -0.4 is 4.72 Å². The van der Waals surface area contributed by atoms with Gasteiger partial charge in [0.15, 0.2) is 5.76 Å². The number of hydrogen-bond donors (Lipinski definition) is 1. The van der Waals surface area contributed by atoms with Crippen LogP contribution in [0.15, 0.2) is 64.0 Å². The highest BCUT2D eigenvalue weighted by atomic mass is 32.2. The van der Waals surface area contributed by atoms with Crippen LogP contribution in [0.1, 0.15) is 17.0 Å². The Morgan fingerprint density at radius 3 is 2.17 bits per heavy atom. The first-order chi connectivity index (χ1) is 11.5. The van der Waals surface area contributed by atoms with Gasteiger partial charge < -0.3 is 4.52 Å². The Labute approximate surface area is 141 Å². The molecule has 1 N–H and O–H groups in total. The normalized spacial score (nSPS) is 11.6. The van der Waals surface area contributed by atoms with Gasteiger partial charge in [0.25, 0.3) is 0 Å². The van der Waals surface area contributed by atoms with Crippen LogP contribution in [0.2, 0.25) is 0 Å². The minimum absolute atomic E-state index is 0.114. The summed E-state index contributed by atoms with van der Waals surface area (Å²) in [6.07, 6.45) is 0. The third-order valence-corrected chi connectivity index (χ3v) is 5.41. The number of nitrogens with one attached hydrogen (secondary N) is 1. The SMILES string of the molecule is Cc1noc(C)c1S(=O)(=O)NCc1ccc(-c2ccccc2)cc1. The van der Waals surface area contributed by atoms with Crippen molar-refractivity contribution in [2.45, 2.75) is 25.3 Å². The molecule has 6 heteroatoms. The van der Waals surface area contributed by atoms with Crippen LogP contribution in [0.3, 0.4) is 0 Å². The van der Waals surface area contributed by atoms with Crippen LogP contribution in [0.25, 0.3) is 11.1 Å². The summed E-state index contributed by atoms with van der Waals surface area (Å²) in [6, 6.07) is 17.8. The zero-order chi connectivity index (χ0) is 17.2. The van der Waals surface area contributed by atoms with Crippen molar-refractivity contribution in [1.29, 1.82) is 0 Å². The second kappa shape index (κ2) is 6.59. The van der Waals surface area contributed by atoms with E-state index in [2.05, 4.69) is 9.88 Å². The summed E-state index contributed by atoms with van der Waals surface area (Å²) < 4.78 is 32.3. The van der Waals surface area contributed by atoms with Crippen LogP contribution in [0, 0.1) is 13.8 Å². The van der Waals surface area contributed by atoms with Crippen LogP contribution in [0.5, 0.6) is 0 Å². The van der Waals surface area contributed by atoms with Gasteiger partial charge in [0.05, 0.1) is 0 Å². The smallest absolute Gasteiger partial charge is 0.246 e. The van der Waals surface area contributed by atoms with Crippen LogP contribution in [-0.4, -0.2) is 13.6 Å². The summed E-state index contributed by atoms with van der Waals surface area (Å²) in [6.45, 7) is 3.41. The Bertz CT molecular complexity index is 911. The fourth-order valence-corrected chi connectivity index (χ4v) is 3.90. The van der Waals surface area contributed by atoms with Crippen molar-refractivity contribution in [1.82, 2.24) is 9.88 Å². The van der Waals surface area contributed by atoms with Crippen molar-refractivity contribution >= 4 is 10.0 Å². The van der Waals surface area contributed by atoms with E-state index in [9.17, 15) is 8.42 Å². The van der Waals surface area contributed by atoms with E-state index in [4.69, 9.17) is 4.52 Å². The molecule has 2 aromatic carbocycles. The highest BCUT2D eigenvalue weighted by Crippen LogP contribution is 2.21. The summed E-state index contributed by atoms with van der Waals surface area (Å²) in [4.78, 5) is 0.114. The number of aryl methyl sites for hydroxylation is 2. The lowest BCUT2D eigenvalue weighted by molar-refractivity contribution is 0.390. The fourth-order valence-electron chi connectivity index (χ4n) is 2.55. The maximum Gasteiger partial charge on any atom is 0.246 e. The lowest BCUT2D eigenvalue weighted by Gasteiger charge is -2.07. The lowest BCUT2D eigenvalue weighted by atomic mass is 10.0. The van der Waals surface area contributed by atoms with Crippen molar-refractivity contribution in [2.75, 3.05) is 0 Å². The Morgan fingerprint density at radius 1 is 0.958 bits per heavy atom. The summed E-state index contributed by atoms with van der Waals surface area (Å²) >= 11 is 0. The first-order valence-electron chi connectivity index (χ1n) is 7.54. The Morgan fingerprint density at radius 2 is 1.58 bits per heavy atom. The highest BCUT2D eigenvalue weighted by Gasteiger charge is 2.23. The summed E-state index contributed by atoms with van der Waals surface area (Å²) in [5, 5.41) is 3.69. The van der Waals surface area contributed by atoms with Crippen molar-refractivity contribution < 1.29 is 12.9 Å². The molecule has 3 aromatic rings. The molecular weight excluding hydrogens is 324 g/mol. The molecule has 0 saturated carbocycles. The Hall–Kier alpha value is -2.44. The zero-order valence-electron chi connectivity index (χ0n) is 13.5. The van der Waals surface area contributed by atoms with Gasteiger partial charge in [0, 0.05) is 6.54 Å². The van der Waals surface area contributed by atoms with Crippen molar-refractivity contribution in [3.63, 3.8) is 0 Å². The molecule has 0 bridgehead atoms. The van der Waals surface area contributed by atoms with Crippen molar-refractivity contribution in [2.24, 2.45) is 0 Å². The number of hydrogen-bond acceptors (Lipinski definition) is 4. The number of nitrogens with zero attached hydrogens (tertiary/aromatic N) is 1. The second-order valence-corrected chi connectivity index (χ2v) is 7.24. The van der Waals surface area contributed by atoms with Gasteiger partial charge in [0.2, 0.25) is 10.0 Å². The fraction of sp³-hybridized carbons (Fsp3) is 0.167. The molecule has 0 aliphatic rings. The van der Waals surface area contributed by atoms with E-state index in [1.807, 2.05) is 54.6 Å². The maximum absolute atomic E-state index is 12.4. The monoisotopic (exact) mass is 342 g/mol. The molecule has 0 radical (unpaired) electrons. The van der Waals surface area contributed by atoms with Crippen LogP contribution in [-0.2, 0) is 16.6 Å². The van der Waals surface area contributed by atoms with Gasteiger partial charge in [-0.2, -0.15) is 0 Å². The minimum Gasteiger partial charge on any atom is -0.360 e. The second-order valence-electron chi connectivity index (χ2n) is 5.54. The van der Waals surface area contributed by atoms with Gasteiger partial charge in [-0.1, -0.05) is 59.8 Å². The predicted octanol–water partition coefficient (Wildman–Crippen LogP) is 3.44. The van der Waals surface area contributed by atoms with E-state index in [0.29, 0.717) is 11.5 Å². The molecular formula is C18H18N2O3S. The van der Waals surface area contributed by atoms with E-state index in [1.165, 1.54) is 0 Å². The summed E-state index contributed by atoms with van der Waals surface area (Å²) in [5.74, 6) is 0.291. The summed E-state index contributed by atoms with van der Waals surface area (Å²) in [5.41, 5.74) is 3.46. The van der Waals surface area contributed by atoms with E-state index < -0.39 is 10.0 Å². The highest BCUT2D eigenvalue weighted by molar-refractivity contribution is 7.89. The molecule has 5 nitrogen and oxygen atoms in total. The van der Waals surface area contributed by atoms with Gasteiger partial charge in [-0.25, -0.2) is 13.1 Å². The topological polar surface area (TPSA) is 72.2 Å². The zero-order valence-corrected chi connectivity index (χ0v) is 14.3. The van der Waals surface area contributed by atoms with Crippen molar-refractivity contribution in [3.8, 4) is 11.1 Å². The van der Waals surface area contributed by atoms with Gasteiger partial charge in [0.1, 0.15) is 10.6 Å². The molecule has 0 unspecified atom stereocenters. The Kier molecular flexibility index (Phi) is 4.51.